The Morgan fingerprint density at radius 2 is 1.75 bits per heavy atom. The van der Waals surface area contributed by atoms with Gasteiger partial charge in [-0.05, 0) is 35.7 Å². The van der Waals surface area contributed by atoms with Crippen molar-refractivity contribution in [2.45, 2.75) is 6.36 Å². The molecule has 2 heterocycles. The van der Waals surface area contributed by atoms with Crippen LogP contribution in [0.3, 0.4) is 0 Å². The number of para-hydroxylation sites is 2. The van der Waals surface area contributed by atoms with Gasteiger partial charge in [0.15, 0.2) is 0 Å². The first-order chi connectivity index (χ1) is 15.3. The van der Waals surface area contributed by atoms with Gasteiger partial charge >= 0.3 is 6.36 Å². The van der Waals surface area contributed by atoms with Gasteiger partial charge in [0.1, 0.15) is 17.2 Å². The zero-order valence-corrected chi connectivity index (χ0v) is 17.3. The lowest BCUT2D eigenvalue weighted by atomic mass is 10.2. The first kappa shape index (κ1) is 21.4. The largest absolute Gasteiger partial charge is 0.573 e. The van der Waals surface area contributed by atoms with E-state index in [2.05, 4.69) is 10.1 Å². The minimum absolute atomic E-state index is 0.0625. The van der Waals surface area contributed by atoms with Crippen LogP contribution in [0.25, 0.3) is 5.57 Å². The third-order valence-electron chi connectivity index (χ3n) is 4.51. The quantitative estimate of drug-likeness (QED) is 0.522. The number of benzene rings is 2. The fourth-order valence-electron chi connectivity index (χ4n) is 3.24. The highest BCUT2D eigenvalue weighted by Gasteiger charge is 2.42. The monoisotopic (exact) mass is 460 g/mol. The van der Waals surface area contributed by atoms with Gasteiger partial charge in [-0.25, -0.2) is 4.90 Å². The molecule has 0 bridgehead atoms. The molecule has 0 radical (unpaired) electrons. The second-order valence-electron chi connectivity index (χ2n) is 6.55. The molecular weight excluding hydrogens is 445 g/mol. The fraction of sp³-hybridized carbons (Fsp3) is 0.0909. The van der Waals surface area contributed by atoms with Crippen LogP contribution in [-0.2, 0) is 9.59 Å². The highest BCUT2D eigenvalue weighted by atomic mass is 32.1. The summed E-state index contributed by atoms with van der Waals surface area (Å²) in [6, 6.07) is 15.0. The molecule has 4 rings (SSSR count). The van der Waals surface area contributed by atoms with Gasteiger partial charge in [-0.15, -0.1) is 24.5 Å². The number of thiophene rings is 1. The van der Waals surface area contributed by atoms with Crippen LogP contribution < -0.4 is 19.7 Å². The number of hydrogen-bond acceptors (Lipinski definition) is 6. The summed E-state index contributed by atoms with van der Waals surface area (Å²) in [5, 5.41) is 4.56. The predicted molar refractivity (Wildman–Crippen MR) is 113 cm³/mol. The van der Waals surface area contributed by atoms with Gasteiger partial charge < -0.3 is 14.8 Å². The summed E-state index contributed by atoms with van der Waals surface area (Å²) in [6.07, 6.45) is -4.86. The molecule has 1 aliphatic heterocycles. The molecule has 2 amide bonds. The zero-order valence-electron chi connectivity index (χ0n) is 16.5. The Labute approximate surface area is 184 Å². The zero-order chi connectivity index (χ0) is 22.9. The van der Waals surface area contributed by atoms with Crippen LogP contribution in [0, 0.1) is 0 Å². The van der Waals surface area contributed by atoms with Gasteiger partial charge in [0.25, 0.3) is 11.8 Å². The molecule has 0 atom stereocenters. The third kappa shape index (κ3) is 4.17. The summed E-state index contributed by atoms with van der Waals surface area (Å²) < 4.78 is 47.0. The van der Waals surface area contributed by atoms with Crippen molar-refractivity contribution in [3.8, 4) is 11.5 Å². The molecule has 0 saturated carbocycles. The molecule has 164 valence electrons. The maximum Gasteiger partial charge on any atom is 0.573 e. The normalized spacial score (nSPS) is 14.2. The Balaban J connectivity index is 1.75. The van der Waals surface area contributed by atoms with Crippen LogP contribution in [-0.4, -0.2) is 25.3 Å². The van der Waals surface area contributed by atoms with E-state index in [1.165, 1.54) is 30.6 Å². The number of methoxy groups -OCH3 is 1. The minimum atomic E-state index is -4.86. The molecular formula is C22H15F3N2O4S. The van der Waals surface area contributed by atoms with E-state index in [9.17, 15) is 22.8 Å². The maximum atomic E-state index is 13.3. The van der Waals surface area contributed by atoms with Crippen LogP contribution in [0.5, 0.6) is 11.5 Å². The number of alkyl halides is 3. The molecule has 0 unspecified atom stereocenters. The molecule has 6 nitrogen and oxygen atoms in total. The number of anilines is 2. The van der Waals surface area contributed by atoms with Crippen LogP contribution >= 0.6 is 11.3 Å². The summed E-state index contributed by atoms with van der Waals surface area (Å²) in [4.78, 5) is 28.2. The van der Waals surface area contributed by atoms with E-state index in [-0.39, 0.29) is 22.6 Å². The summed E-state index contributed by atoms with van der Waals surface area (Å²) in [5.41, 5.74) is 0.453. The van der Waals surface area contributed by atoms with Gasteiger partial charge in [-0.3, -0.25) is 9.59 Å². The Kier molecular flexibility index (Phi) is 5.62. The number of halogens is 3. The number of nitrogens with zero attached hydrogens (tertiary/aromatic N) is 1. The van der Waals surface area contributed by atoms with E-state index < -0.39 is 23.9 Å². The summed E-state index contributed by atoms with van der Waals surface area (Å²) >= 11 is 1.26. The van der Waals surface area contributed by atoms with Crippen LogP contribution in [0.1, 0.15) is 4.88 Å². The molecule has 2 aromatic carbocycles. The highest BCUT2D eigenvalue weighted by Crippen LogP contribution is 2.39. The van der Waals surface area contributed by atoms with E-state index in [4.69, 9.17) is 4.74 Å². The van der Waals surface area contributed by atoms with Crippen LogP contribution in [0.15, 0.2) is 71.7 Å². The third-order valence-corrected chi connectivity index (χ3v) is 5.40. The van der Waals surface area contributed by atoms with E-state index >= 15 is 0 Å². The standard InChI is InChI=1S/C22H15F3N2O4S/c1-30-16-9-3-2-8-15(16)27-20(28)18(17-10-5-11-32-17)19(21(27)29)26-13-6-4-7-14(12-13)31-22(23,24)25/h2-12,26H,1H3. The lowest BCUT2D eigenvalue weighted by molar-refractivity contribution is -0.274. The molecule has 10 heteroatoms. The topological polar surface area (TPSA) is 67.9 Å². The lowest BCUT2D eigenvalue weighted by Gasteiger charge is -2.18. The average molecular weight is 460 g/mol. The molecule has 0 aliphatic carbocycles. The lowest BCUT2D eigenvalue weighted by Crippen LogP contribution is -2.32. The second-order valence-corrected chi connectivity index (χ2v) is 7.49. The number of carbonyl (C=O) groups is 2. The number of carbonyl (C=O) groups excluding carboxylic acids is 2. The number of ether oxygens (including phenoxy) is 2. The molecule has 3 aromatic rings. The van der Waals surface area contributed by atoms with Gasteiger partial charge in [-0.1, -0.05) is 24.3 Å². The Bertz CT molecular complexity index is 1210. The fourth-order valence-corrected chi connectivity index (χ4v) is 4.01. The van der Waals surface area contributed by atoms with Gasteiger partial charge in [-0.2, -0.15) is 0 Å². The molecule has 1 aromatic heterocycles. The first-order valence-electron chi connectivity index (χ1n) is 9.21. The van der Waals surface area contributed by atoms with Crippen molar-refractivity contribution < 1.29 is 32.2 Å². The van der Waals surface area contributed by atoms with Crippen molar-refractivity contribution >= 4 is 40.1 Å². The van der Waals surface area contributed by atoms with Crippen LogP contribution in [0.2, 0.25) is 0 Å². The first-order valence-corrected chi connectivity index (χ1v) is 10.1. The maximum absolute atomic E-state index is 13.3. The smallest absolute Gasteiger partial charge is 0.495 e. The van der Waals surface area contributed by atoms with Crippen LogP contribution in [0.4, 0.5) is 24.5 Å². The van der Waals surface area contributed by atoms with E-state index in [0.29, 0.717) is 10.6 Å². The number of rotatable bonds is 6. The number of amides is 2. The molecule has 0 fully saturated rings. The highest BCUT2D eigenvalue weighted by molar-refractivity contribution is 7.11. The van der Waals surface area contributed by atoms with Crippen molar-refractivity contribution in [2.75, 3.05) is 17.3 Å². The Hall–Kier alpha value is -3.79. The van der Waals surface area contributed by atoms with Crippen molar-refractivity contribution in [3.63, 3.8) is 0 Å². The van der Waals surface area contributed by atoms with Crippen molar-refractivity contribution in [2.24, 2.45) is 0 Å². The molecule has 0 saturated heterocycles. The molecule has 32 heavy (non-hydrogen) atoms. The number of imide groups is 1. The van der Waals surface area contributed by atoms with E-state index in [0.717, 1.165) is 17.0 Å². The van der Waals surface area contributed by atoms with Gasteiger partial charge in [0.2, 0.25) is 0 Å². The predicted octanol–water partition coefficient (Wildman–Crippen LogP) is 5.05. The Morgan fingerprint density at radius 3 is 2.44 bits per heavy atom. The average Bonchev–Trinajstić information content (AvgIpc) is 3.34. The minimum Gasteiger partial charge on any atom is -0.495 e. The van der Waals surface area contributed by atoms with Crippen molar-refractivity contribution in [1.82, 2.24) is 0 Å². The van der Waals surface area contributed by atoms with Gasteiger partial charge in [0, 0.05) is 16.6 Å². The van der Waals surface area contributed by atoms with E-state index in [1.54, 1.807) is 41.8 Å². The summed E-state index contributed by atoms with van der Waals surface area (Å²) in [6.45, 7) is 0. The molecule has 1 aliphatic rings. The molecule has 1 N–H and O–H groups in total. The molecule has 0 spiro atoms. The Morgan fingerprint density at radius 1 is 0.969 bits per heavy atom. The van der Waals surface area contributed by atoms with Crippen molar-refractivity contribution in [3.05, 3.63) is 76.6 Å². The van der Waals surface area contributed by atoms with Crippen molar-refractivity contribution in [1.29, 1.82) is 0 Å². The second kappa shape index (κ2) is 8.39. The van der Waals surface area contributed by atoms with E-state index in [1.807, 2.05) is 0 Å². The summed E-state index contributed by atoms with van der Waals surface area (Å²) in [7, 11) is 1.42. The summed E-state index contributed by atoms with van der Waals surface area (Å²) in [5.74, 6) is -1.38. The number of hydrogen-bond donors (Lipinski definition) is 1. The van der Waals surface area contributed by atoms with Gasteiger partial charge in [0.05, 0.1) is 18.4 Å². The number of nitrogens with one attached hydrogen (secondary N) is 1. The SMILES string of the molecule is COc1ccccc1N1C(=O)C(Nc2cccc(OC(F)(F)F)c2)=C(c2cccs2)C1=O.